The van der Waals surface area contributed by atoms with Gasteiger partial charge in [-0.1, -0.05) is 25.5 Å². The second-order valence-electron chi connectivity index (χ2n) is 6.65. The van der Waals surface area contributed by atoms with Gasteiger partial charge < -0.3 is 9.64 Å². The lowest BCUT2D eigenvalue weighted by Crippen LogP contribution is -2.55. The highest BCUT2D eigenvalue weighted by atomic mass is 19.1. The third kappa shape index (κ3) is 4.07. The van der Waals surface area contributed by atoms with Gasteiger partial charge in [-0.3, -0.25) is 4.79 Å². The Morgan fingerprint density at radius 2 is 2.05 bits per heavy atom. The Bertz CT molecular complexity index is 498. The normalized spacial score (nSPS) is 19.0. The van der Waals surface area contributed by atoms with E-state index in [1.54, 1.807) is 12.1 Å². The Labute approximate surface area is 132 Å². The van der Waals surface area contributed by atoms with Crippen LogP contribution < -0.4 is 0 Å². The molecule has 0 saturated carbocycles. The van der Waals surface area contributed by atoms with Crippen LogP contribution in [0.3, 0.4) is 0 Å². The van der Waals surface area contributed by atoms with Crippen molar-refractivity contribution >= 4 is 5.91 Å². The number of benzene rings is 1. The Kier molecular flexibility index (Phi) is 5.57. The quantitative estimate of drug-likeness (QED) is 0.829. The number of ether oxygens (including phenoxy) is 1. The van der Waals surface area contributed by atoms with Crippen molar-refractivity contribution in [3.05, 3.63) is 35.6 Å². The molecule has 1 aromatic rings. The summed E-state index contributed by atoms with van der Waals surface area (Å²) in [5.41, 5.74) is 0.789. The van der Waals surface area contributed by atoms with Crippen LogP contribution in [-0.2, 0) is 9.53 Å². The van der Waals surface area contributed by atoms with E-state index in [-0.39, 0.29) is 23.2 Å². The molecule has 0 radical (unpaired) electrons. The molecule has 0 aromatic heterocycles. The van der Waals surface area contributed by atoms with Crippen molar-refractivity contribution < 1.29 is 13.9 Å². The smallest absolute Gasteiger partial charge is 0.223 e. The average molecular weight is 307 g/mol. The van der Waals surface area contributed by atoms with E-state index in [4.69, 9.17) is 4.74 Å². The molecule has 1 amide bonds. The number of nitrogens with zero attached hydrogens (tertiary/aromatic N) is 1. The highest BCUT2D eigenvalue weighted by molar-refractivity contribution is 5.78. The monoisotopic (exact) mass is 307 g/mol. The fourth-order valence-electron chi connectivity index (χ4n) is 3.11. The van der Waals surface area contributed by atoms with E-state index >= 15 is 0 Å². The van der Waals surface area contributed by atoms with Crippen LogP contribution in [0.2, 0.25) is 0 Å². The third-order valence-corrected chi connectivity index (χ3v) is 4.35. The van der Waals surface area contributed by atoms with Crippen molar-refractivity contribution in [2.75, 3.05) is 19.8 Å². The first-order valence-electron chi connectivity index (χ1n) is 8.07. The van der Waals surface area contributed by atoms with E-state index in [1.807, 2.05) is 18.7 Å². The van der Waals surface area contributed by atoms with E-state index < -0.39 is 0 Å². The Morgan fingerprint density at radius 1 is 1.36 bits per heavy atom. The molecule has 0 spiro atoms. The van der Waals surface area contributed by atoms with Crippen LogP contribution in [0, 0.1) is 5.82 Å². The summed E-state index contributed by atoms with van der Waals surface area (Å²) in [6.07, 6.45) is 2.41. The predicted octanol–water partition coefficient (Wildman–Crippen LogP) is 3.74. The lowest BCUT2D eigenvalue weighted by Gasteiger charge is -2.42. The molecule has 1 aliphatic heterocycles. The van der Waals surface area contributed by atoms with Crippen LogP contribution in [0.15, 0.2) is 24.3 Å². The van der Waals surface area contributed by atoms with Crippen LogP contribution >= 0.6 is 0 Å². The predicted molar refractivity (Wildman–Crippen MR) is 85.3 cm³/mol. The van der Waals surface area contributed by atoms with Crippen molar-refractivity contribution in [1.82, 2.24) is 4.90 Å². The summed E-state index contributed by atoms with van der Waals surface area (Å²) in [6.45, 7) is 8.01. The van der Waals surface area contributed by atoms with E-state index in [1.165, 1.54) is 12.1 Å². The second-order valence-corrected chi connectivity index (χ2v) is 6.65. The number of amides is 1. The molecular weight excluding hydrogens is 281 g/mol. The van der Waals surface area contributed by atoms with Crippen LogP contribution in [0.5, 0.6) is 0 Å². The van der Waals surface area contributed by atoms with Gasteiger partial charge in [0.15, 0.2) is 0 Å². The second kappa shape index (κ2) is 7.23. The van der Waals surface area contributed by atoms with E-state index in [0.717, 1.165) is 18.4 Å². The van der Waals surface area contributed by atoms with Gasteiger partial charge in [0.05, 0.1) is 18.8 Å². The maximum absolute atomic E-state index is 13.1. The zero-order valence-electron chi connectivity index (χ0n) is 13.8. The molecule has 1 heterocycles. The van der Waals surface area contributed by atoms with Crippen molar-refractivity contribution in [3.63, 3.8) is 0 Å². The highest BCUT2D eigenvalue weighted by Gasteiger charge is 2.34. The molecule has 0 bridgehead atoms. The first-order valence-corrected chi connectivity index (χ1v) is 8.07. The van der Waals surface area contributed by atoms with E-state index in [0.29, 0.717) is 26.2 Å². The summed E-state index contributed by atoms with van der Waals surface area (Å²) in [6, 6.07) is 6.54. The highest BCUT2D eigenvalue weighted by Crippen LogP contribution is 2.28. The molecule has 1 unspecified atom stereocenters. The summed E-state index contributed by atoms with van der Waals surface area (Å²) in [5, 5.41) is 0. The summed E-state index contributed by atoms with van der Waals surface area (Å²) >= 11 is 0. The van der Waals surface area contributed by atoms with Crippen LogP contribution in [0.4, 0.5) is 4.39 Å². The molecule has 0 aliphatic carbocycles. The molecule has 122 valence electrons. The van der Waals surface area contributed by atoms with Crippen LogP contribution in [-0.4, -0.2) is 36.1 Å². The molecule has 4 heteroatoms. The SMILES string of the molecule is CCCC(CC(=O)N1CCOCC1(C)C)c1ccc(F)cc1. The van der Waals surface area contributed by atoms with Gasteiger partial charge in [-0.05, 0) is 43.9 Å². The summed E-state index contributed by atoms with van der Waals surface area (Å²) in [7, 11) is 0. The number of morpholine rings is 1. The lowest BCUT2D eigenvalue weighted by atomic mass is 9.90. The van der Waals surface area contributed by atoms with E-state index in [2.05, 4.69) is 6.92 Å². The molecule has 1 atom stereocenters. The first-order chi connectivity index (χ1) is 10.4. The number of carbonyl (C=O) groups excluding carboxylic acids is 1. The zero-order chi connectivity index (χ0) is 16.2. The van der Waals surface area contributed by atoms with Crippen molar-refractivity contribution in [2.45, 2.75) is 51.5 Å². The van der Waals surface area contributed by atoms with Gasteiger partial charge >= 0.3 is 0 Å². The Morgan fingerprint density at radius 3 is 2.64 bits per heavy atom. The minimum atomic E-state index is -0.255. The number of hydrogen-bond donors (Lipinski definition) is 0. The zero-order valence-corrected chi connectivity index (χ0v) is 13.8. The van der Waals surface area contributed by atoms with Gasteiger partial charge in [-0.15, -0.1) is 0 Å². The average Bonchev–Trinajstić information content (AvgIpc) is 2.47. The minimum Gasteiger partial charge on any atom is -0.377 e. The van der Waals surface area contributed by atoms with Gasteiger partial charge in [-0.25, -0.2) is 4.39 Å². The Balaban J connectivity index is 2.10. The van der Waals surface area contributed by atoms with Gasteiger partial charge in [0.2, 0.25) is 5.91 Å². The van der Waals surface area contributed by atoms with Gasteiger partial charge in [-0.2, -0.15) is 0 Å². The van der Waals surface area contributed by atoms with Crippen molar-refractivity contribution in [2.24, 2.45) is 0 Å². The van der Waals surface area contributed by atoms with Crippen LogP contribution in [0.1, 0.15) is 51.5 Å². The fraction of sp³-hybridized carbons (Fsp3) is 0.611. The van der Waals surface area contributed by atoms with Gasteiger partial charge in [0.25, 0.3) is 0 Å². The third-order valence-electron chi connectivity index (χ3n) is 4.35. The number of rotatable bonds is 5. The maximum Gasteiger partial charge on any atom is 0.223 e. The topological polar surface area (TPSA) is 29.5 Å². The molecule has 1 aromatic carbocycles. The van der Waals surface area contributed by atoms with Crippen molar-refractivity contribution in [1.29, 1.82) is 0 Å². The Hall–Kier alpha value is -1.42. The largest absolute Gasteiger partial charge is 0.377 e. The molecule has 22 heavy (non-hydrogen) atoms. The number of hydrogen-bond acceptors (Lipinski definition) is 2. The molecule has 1 saturated heterocycles. The van der Waals surface area contributed by atoms with Crippen LogP contribution in [0.25, 0.3) is 0 Å². The molecule has 2 rings (SSSR count). The standard InChI is InChI=1S/C18H26FNO2/c1-4-5-15(14-6-8-16(19)9-7-14)12-17(21)20-10-11-22-13-18(20,2)3/h6-9,15H,4-5,10-13H2,1-3H3. The molecule has 1 fully saturated rings. The summed E-state index contributed by atoms with van der Waals surface area (Å²) < 4.78 is 18.6. The fourth-order valence-corrected chi connectivity index (χ4v) is 3.11. The molecular formula is C18H26FNO2. The number of carbonyl (C=O) groups is 1. The summed E-state index contributed by atoms with van der Waals surface area (Å²) in [5.74, 6) is 0.0763. The minimum absolute atomic E-state index is 0.150. The lowest BCUT2D eigenvalue weighted by molar-refractivity contribution is -0.146. The number of halogens is 1. The van der Waals surface area contributed by atoms with Gasteiger partial charge in [0, 0.05) is 13.0 Å². The maximum atomic E-state index is 13.1. The summed E-state index contributed by atoms with van der Waals surface area (Å²) in [4.78, 5) is 14.7. The van der Waals surface area contributed by atoms with Crippen molar-refractivity contribution in [3.8, 4) is 0 Å². The molecule has 3 nitrogen and oxygen atoms in total. The first kappa shape index (κ1) is 16.9. The molecule has 0 N–H and O–H groups in total. The molecule has 1 aliphatic rings. The van der Waals surface area contributed by atoms with Gasteiger partial charge in [0.1, 0.15) is 5.82 Å². The van der Waals surface area contributed by atoms with E-state index in [9.17, 15) is 9.18 Å².